The van der Waals surface area contributed by atoms with Crippen molar-refractivity contribution in [1.82, 2.24) is 10.2 Å². The molecule has 0 amide bonds. The standard InChI is InChI=1S/C13H28N2O/c1-12(2)5-6-14-11-13(3,4)15-7-9-16-10-8-15/h12,14H,5-11H2,1-4H3. The second kappa shape index (κ2) is 6.58. The van der Waals surface area contributed by atoms with Crippen molar-refractivity contribution in [3.63, 3.8) is 0 Å². The smallest absolute Gasteiger partial charge is 0.0594 e. The highest BCUT2D eigenvalue weighted by atomic mass is 16.5. The molecule has 16 heavy (non-hydrogen) atoms. The third-order valence-corrected chi connectivity index (χ3v) is 3.32. The quantitative estimate of drug-likeness (QED) is 0.701. The highest BCUT2D eigenvalue weighted by molar-refractivity contribution is 4.85. The number of nitrogens with one attached hydrogen (secondary N) is 1. The van der Waals surface area contributed by atoms with Gasteiger partial charge in [0.25, 0.3) is 0 Å². The summed E-state index contributed by atoms with van der Waals surface area (Å²) >= 11 is 0. The summed E-state index contributed by atoms with van der Waals surface area (Å²) in [5.41, 5.74) is 0.251. The lowest BCUT2D eigenvalue weighted by Gasteiger charge is -2.41. The average Bonchev–Trinajstić information content (AvgIpc) is 2.26. The minimum atomic E-state index is 0.251. The van der Waals surface area contributed by atoms with Crippen LogP contribution < -0.4 is 5.32 Å². The topological polar surface area (TPSA) is 24.5 Å². The van der Waals surface area contributed by atoms with Crippen molar-refractivity contribution in [1.29, 1.82) is 0 Å². The van der Waals surface area contributed by atoms with E-state index in [-0.39, 0.29) is 5.54 Å². The second-order valence-electron chi connectivity index (χ2n) is 5.77. The van der Waals surface area contributed by atoms with Gasteiger partial charge in [0.1, 0.15) is 0 Å². The minimum absolute atomic E-state index is 0.251. The van der Waals surface area contributed by atoms with Gasteiger partial charge in [-0.2, -0.15) is 0 Å². The van der Waals surface area contributed by atoms with E-state index in [1.54, 1.807) is 0 Å². The van der Waals surface area contributed by atoms with E-state index in [0.29, 0.717) is 0 Å². The Balaban J connectivity index is 2.21. The Kier molecular flexibility index (Phi) is 5.73. The molecule has 1 aliphatic rings. The van der Waals surface area contributed by atoms with Crippen molar-refractivity contribution in [2.45, 2.75) is 39.7 Å². The van der Waals surface area contributed by atoms with E-state index in [1.807, 2.05) is 0 Å². The zero-order valence-electron chi connectivity index (χ0n) is 11.4. The van der Waals surface area contributed by atoms with Crippen LogP contribution in [0.1, 0.15) is 34.1 Å². The number of rotatable bonds is 6. The Morgan fingerprint density at radius 2 is 1.88 bits per heavy atom. The molecule has 0 spiro atoms. The number of hydrogen-bond donors (Lipinski definition) is 1. The molecule has 96 valence electrons. The van der Waals surface area contributed by atoms with Crippen LogP contribution in [-0.4, -0.2) is 49.8 Å². The van der Waals surface area contributed by atoms with Crippen molar-refractivity contribution in [2.24, 2.45) is 5.92 Å². The Bertz CT molecular complexity index is 186. The first kappa shape index (κ1) is 13.9. The van der Waals surface area contributed by atoms with Crippen molar-refractivity contribution >= 4 is 0 Å². The second-order valence-corrected chi connectivity index (χ2v) is 5.77. The molecule has 0 aromatic heterocycles. The van der Waals surface area contributed by atoms with Crippen molar-refractivity contribution in [3.8, 4) is 0 Å². The van der Waals surface area contributed by atoms with E-state index in [1.165, 1.54) is 6.42 Å². The van der Waals surface area contributed by atoms with E-state index in [2.05, 4.69) is 37.9 Å². The van der Waals surface area contributed by atoms with Gasteiger partial charge in [0.15, 0.2) is 0 Å². The number of hydrogen-bond acceptors (Lipinski definition) is 3. The molecule has 0 aromatic carbocycles. The van der Waals surface area contributed by atoms with Gasteiger partial charge in [-0.25, -0.2) is 0 Å². The molecule has 0 saturated carbocycles. The maximum absolute atomic E-state index is 5.39. The third kappa shape index (κ3) is 4.81. The highest BCUT2D eigenvalue weighted by Crippen LogP contribution is 2.15. The Labute approximate surface area is 101 Å². The molecule has 0 unspecified atom stereocenters. The lowest BCUT2D eigenvalue weighted by Crippen LogP contribution is -2.54. The van der Waals surface area contributed by atoms with Gasteiger partial charge in [0, 0.05) is 25.2 Å². The first-order valence-corrected chi connectivity index (χ1v) is 6.56. The third-order valence-electron chi connectivity index (χ3n) is 3.32. The van der Waals surface area contributed by atoms with Gasteiger partial charge in [-0.3, -0.25) is 4.90 Å². The maximum atomic E-state index is 5.39. The van der Waals surface area contributed by atoms with Crippen LogP contribution in [-0.2, 0) is 4.74 Å². The van der Waals surface area contributed by atoms with Crippen molar-refractivity contribution in [3.05, 3.63) is 0 Å². The maximum Gasteiger partial charge on any atom is 0.0594 e. The summed E-state index contributed by atoms with van der Waals surface area (Å²) in [5, 5.41) is 3.57. The van der Waals surface area contributed by atoms with Crippen LogP contribution in [0.25, 0.3) is 0 Å². The number of morpholine rings is 1. The fourth-order valence-electron chi connectivity index (χ4n) is 2.07. The molecular formula is C13H28N2O. The van der Waals surface area contributed by atoms with E-state index in [4.69, 9.17) is 4.74 Å². The van der Waals surface area contributed by atoms with Crippen LogP contribution in [0.15, 0.2) is 0 Å². The highest BCUT2D eigenvalue weighted by Gasteiger charge is 2.27. The Morgan fingerprint density at radius 3 is 2.44 bits per heavy atom. The van der Waals surface area contributed by atoms with Gasteiger partial charge in [-0.15, -0.1) is 0 Å². The predicted octanol–water partition coefficient (Wildman–Crippen LogP) is 1.73. The average molecular weight is 228 g/mol. The molecule has 1 heterocycles. The van der Waals surface area contributed by atoms with Crippen LogP contribution in [0.3, 0.4) is 0 Å². The molecule has 0 bridgehead atoms. The fraction of sp³-hybridized carbons (Fsp3) is 1.00. The van der Waals surface area contributed by atoms with Crippen LogP contribution in [0, 0.1) is 5.92 Å². The summed E-state index contributed by atoms with van der Waals surface area (Å²) < 4.78 is 5.39. The lowest BCUT2D eigenvalue weighted by molar-refractivity contribution is -0.00957. The normalized spacial score (nSPS) is 19.3. The molecule has 1 fully saturated rings. The molecule has 0 aromatic rings. The molecule has 0 atom stereocenters. The summed E-state index contributed by atoms with van der Waals surface area (Å²) in [5.74, 6) is 0.791. The predicted molar refractivity (Wildman–Crippen MR) is 68.8 cm³/mol. The van der Waals surface area contributed by atoms with Gasteiger partial charge < -0.3 is 10.1 Å². The molecule has 1 aliphatic heterocycles. The summed E-state index contributed by atoms with van der Waals surface area (Å²) in [4.78, 5) is 2.53. The monoisotopic (exact) mass is 228 g/mol. The molecule has 3 heteroatoms. The summed E-state index contributed by atoms with van der Waals surface area (Å²) in [6.45, 7) is 15.3. The Hall–Kier alpha value is -0.120. The minimum Gasteiger partial charge on any atom is -0.379 e. The van der Waals surface area contributed by atoms with Crippen molar-refractivity contribution in [2.75, 3.05) is 39.4 Å². The molecule has 0 radical (unpaired) electrons. The molecule has 3 nitrogen and oxygen atoms in total. The zero-order valence-corrected chi connectivity index (χ0v) is 11.4. The largest absolute Gasteiger partial charge is 0.379 e. The molecule has 0 aliphatic carbocycles. The van der Waals surface area contributed by atoms with Crippen LogP contribution in [0.4, 0.5) is 0 Å². The van der Waals surface area contributed by atoms with E-state index >= 15 is 0 Å². The number of ether oxygens (including phenoxy) is 1. The van der Waals surface area contributed by atoms with Gasteiger partial charge >= 0.3 is 0 Å². The summed E-state index contributed by atoms with van der Waals surface area (Å²) in [7, 11) is 0. The fourth-order valence-corrected chi connectivity index (χ4v) is 2.07. The van der Waals surface area contributed by atoms with Crippen LogP contribution in [0.5, 0.6) is 0 Å². The van der Waals surface area contributed by atoms with Crippen LogP contribution >= 0.6 is 0 Å². The molecular weight excluding hydrogens is 200 g/mol. The van der Waals surface area contributed by atoms with E-state index < -0.39 is 0 Å². The van der Waals surface area contributed by atoms with Gasteiger partial charge in [-0.1, -0.05) is 13.8 Å². The molecule has 1 saturated heterocycles. The van der Waals surface area contributed by atoms with Crippen molar-refractivity contribution < 1.29 is 4.74 Å². The summed E-state index contributed by atoms with van der Waals surface area (Å²) in [6, 6.07) is 0. The summed E-state index contributed by atoms with van der Waals surface area (Å²) in [6.07, 6.45) is 1.26. The lowest BCUT2D eigenvalue weighted by atomic mass is 10.0. The molecule has 1 rings (SSSR count). The number of nitrogens with zero attached hydrogens (tertiary/aromatic N) is 1. The van der Waals surface area contributed by atoms with E-state index in [9.17, 15) is 0 Å². The van der Waals surface area contributed by atoms with Crippen LogP contribution in [0.2, 0.25) is 0 Å². The first-order valence-electron chi connectivity index (χ1n) is 6.56. The zero-order chi connectivity index (χ0) is 12.0. The molecule has 1 N–H and O–H groups in total. The van der Waals surface area contributed by atoms with Gasteiger partial charge in [-0.05, 0) is 32.7 Å². The SMILES string of the molecule is CC(C)CCNCC(C)(C)N1CCOCC1. The van der Waals surface area contributed by atoms with Gasteiger partial charge in [0.2, 0.25) is 0 Å². The van der Waals surface area contributed by atoms with Gasteiger partial charge in [0.05, 0.1) is 13.2 Å². The van der Waals surface area contributed by atoms with E-state index in [0.717, 1.165) is 45.3 Å². The Morgan fingerprint density at radius 1 is 1.25 bits per heavy atom. The first-order chi connectivity index (χ1) is 7.52.